The lowest BCUT2D eigenvalue weighted by Crippen LogP contribution is -2.11. The van der Waals surface area contributed by atoms with Crippen molar-refractivity contribution in [2.75, 3.05) is 6.54 Å². The molecule has 5 heteroatoms. The zero-order valence-corrected chi connectivity index (χ0v) is 11.8. The van der Waals surface area contributed by atoms with Gasteiger partial charge in [0.15, 0.2) is 0 Å². The smallest absolute Gasteiger partial charge is 0.147 e. The number of unbranched alkanes of at least 4 members (excludes halogenated alkanes) is 1. The summed E-state index contributed by atoms with van der Waals surface area (Å²) < 4.78 is 4.39. The quantitative estimate of drug-likeness (QED) is 0.760. The molecule has 2 rings (SSSR count). The van der Waals surface area contributed by atoms with Gasteiger partial charge in [0, 0.05) is 6.42 Å². The standard InChI is InChI=1S/C14H20N4S/c15-9-5-4-8-12(16)14-17-13(18-19-14)10-11-6-2-1-3-7-11/h1-3,6-7,12H,4-5,8-10,15-16H2. The highest BCUT2D eigenvalue weighted by Crippen LogP contribution is 2.19. The van der Waals surface area contributed by atoms with Crippen molar-refractivity contribution < 1.29 is 0 Å². The van der Waals surface area contributed by atoms with Crippen molar-refractivity contribution in [1.82, 2.24) is 9.36 Å². The van der Waals surface area contributed by atoms with E-state index >= 15 is 0 Å². The molecule has 1 atom stereocenters. The third-order valence-electron chi connectivity index (χ3n) is 2.98. The number of hydrogen-bond acceptors (Lipinski definition) is 5. The molecule has 1 aromatic carbocycles. The third kappa shape index (κ3) is 4.38. The minimum absolute atomic E-state index is 0.00595. The molecular formula is C14H20N4S. The van der Waals surface area contributed by atoms with Gasteiger partial charge in [0.1, 0.15) is 10.8 Å². The fourth-order valence-electron chi connectivity index (χ4n) is 1.90. The van der Waals surface area contributed by atoms with Crippen LogP contribution in [0.4, 0.5) is 0 Å². The summed E-state index contributed by atoms with van der Waals surface area (Å²) in [6.45, 7) is 0.724. The second-order valence-corrected chi connectivity index (χ2v) is 5.39. The fourth-order valence-corrected chi connectivity index (χ4v) is 2.60. The average molecular weight is 276 g/mol. The Labute approximate surface area is 118 Å². The molecule has 0 radical (unpaired) electrons. The summed E-state index contributed by atoms with van der Waals surface area (Å²) in [6, 6.07) is 10.2. The van der Waals surface area contributed by atoms with E-state index in [9.17, 15) is 0 Å². The van der Waals surface area contributed by atoms with Gasteiger partial charge in [-0.2, -0.15) is 4.37 Å². The van der Waals surface area contributed by atoms with Crippen LogP contribution in [-0.2, 0) is 6.42 Å². The Morgan fingerprint density at radius 2 is 1.95 bits per heavy atom. The van der Waals surface area contributed by atoms with E-state index < -0.39 is 0 Å². The number of hydrogen-bond donors (Lipinski definition) is 2. The van der Waals surface area contributed by atoms with Crippen LogP contribution in [0.5, 0.6) is 0 Å². The SMILES string of the molecule is NCCCCC(N)c1nc(Cc2ccccc2)ns1. The lowest BCUT2D eigenvalue weighted by atomic mass is 10.1. The van der Waals surface area contributed by atoms with Gasteiger partial charge in [0.05, 0.1) is 6.04 Å². The third-order valence-corrected chi connectivity index (χ3v) is 3.86. The van der Waals surface area contributed by atoms with E-state index in [-0.39, 0.29) is 6.04 Å². The highest BCUT2D eigenvalue weighted by Gasteiger charge is 2.12. The Kier molecular flexibility index (Phi) is 5.44. The molecule has 0 aliphatic heterocycles. The van der Waals surface area contributed by atoms with Gasteiger partial charge < -0.3 is 11.5 Å². The molecule has 0 bridgehead atoms. The van der Waals surface area contributed by atoms with Gasteiger partial charge in [-0.15, -0.1) is 0 Å². The molecule has 0 saturated carbocycles. The predicted molar refractivity (Wildman–Crippen MR) is 79.0 cm³/mol. The second-order valence-electron chi connectivity index (χ2n) is 4.60. The monoisotopic (exact) mass is 276 g/mol. The summed E-state index contributed by atoms with van der Waals surface area (Å²) in [4.78, 5) is 4.54. The summed E-state index contributed by atoms with van der Waals surface area (Å²) >= 11 is 1.42. The second kappa shape index (κ2) is 7.33. The Morgan fingerprint density at radius 1 is 1.16 bits per heavy atom. The molecule has 4 nitrogen and oxygen atoms in total. The molecule has 2 aromatic rings. The van der Waals surface area contributed by atoms with Crippen LogP contribution >= 0.6 is 11.5 Å². The van der Waals surface area contributed by atoms with Crippen molar-refractivity contribution in [3.63, 3.8) is 0 Å². The fraction of sp³-hybridized carbons (Fsp3) is 0.429. The van der Waals surface area contributed by atoms with Gasteiger partial charge in [0.25, 0.3) is 0 Å². The maximum Gasteiger partial charge on any atom is 0.147 e. The number of aromatic nitrogens is 2. The van der Waals surface area contributed by atoms with E-state index in [1.54, 1.807) is 0 Å². The summed E-state index contributed by atoms with van der Waals surface area (Å²) in [6.07, 6.45) is 3.76. The van der Waals surface area contributed by atoms with Crippen LogP contribution in [0.25, 0.3) is 0 Å². The molecule has 1 unspecified atom stereocenters. The number of benzene rings is 1. The highest BCUT2D eigenvalue weighted by molar-refractivity contribution is 7.05. The van der Waals surface area contributed by atoms with Gasteiger partial charge in [-0.25, -0.2) is 4.98 Å². The van der Waals surface area contributed by atoms with Crippen molar-refractivity contribution >= 4 is 11.5 Å². The van der Waals surface area contributed by atoms with Crippen molar-refractivity contribution in [2.45, 2.75) is 31.7 Å². The molecule has 1 heterocycles. The average Bonchev–Trinajstić information content (AvgIpc) is 2.89. The largest absolute Gasteiger partial charge is 0.330 e. The van der Waals surface area contributed by atoms with Crippen molar-refractivity contribution in [1.29, 1.82) is 0 Å². The van der Waals surface area contributed by atoms with Crippen LogP contribution in [0.1, 0.15) is 41.7 Å². The Morgan fingerprint density at radius 3 is 2.68 bits per heavy atom. The molecule has 0 saturated heterocycles. The normalized spacial score (nSPS) is 12.5. The van der Waals surface area contributed by atoms with E-state index in [4.69, 9.17) is 11.5 Å². The van der Waals surface area contributed by atoms with E-state index in [1.165, 1.54) is 17.1 Å². The number of rotatable bonds is 7. The minimum atomic E-state index is -0.00595. The lowest BCUT2D eigenvalue weighted by molar-refractivity contribution is 0.587. The maximum absolute atomic E-state index is 6.11. The van der Waals surface area contributed by atoms with Gasteiger partial charge in [-0.05, 0) is 36.5 Å². The van der Waals surface area contributed by atoms with Crippen LogP contribution in [0.3, 0.4) is 0 Å². The Hall–Kier alpha value is -1.30. The highest BCUT2D eigenvalue weighted by atomic mass is 32.1. The van der Waals surface area contributed by atoms with Crippen LogP contribution in [0, 0.1) is 0 Å². The molecular weight excluding hydrogens is 256 g/mol. The molecule has 4 N–H and O–H groups in total. The first-order valence-electron chi connectivity index (χ1n) is 6.61. The van der Waals surface area contributed by atoms with E-state index in [1.807, 2.05) is 18.2 Å². The van der Waals surface area contributed by atoms with Gasteiger partial charge in [-0.1, -0.05) is 36.8 Å². The van der Waals surface area contributed by atoms with Gasteiger partial charge in [0.2, 0.25) is 0 Å². The van der Waals surface area contributed by atoms with E-state index in [2.05, 4.69) is 21.5 Å². The summed E-state index contributed by atoms with van der Waals surface area (Å²) in [5.41, 5.74) is 12.8. The zero-order valence-electron chi connectivity index (χ0n) is 11.0. The molecule has 0 aliphatic rings. The molecule has 0 aliphatic carbocycles. The molecule has 0 spiro atoms. The van der Waals surface area contributed by atoms with Gasteiger partial charge in [-0.3, -0.25) is 0 Å². The van der Waals surface area contributed by atoms with Crippen LogP contribution in [0.15, 0.2) is 30.3 Å². The van der Waals surface area contributed by atoms with Crippen molar-refractivity contribution in [2.24, 2.45) is 11.5 Å². The van der Waals surface area contributed by atoms with E-state index in [0.29, 0.717) is 0 Å². The first-order valence-corrected chi connectivity index (χ1v) is 7.39. The zero-order chi connectivity index (χ0) is 13.5. The van der Waals surface area contributed by atoms with Crippen LogP contribution in [0.2, 0.25) is 0 Å². The number of nitrogens with zero attached hydrogens (tertiary/aromatic N) is 2. The molecule has 19 heavy (non-hydrogen) atoms. The maximum atomic E-state index is 6.11. The molecule has 0 amide bonds. The van der Waals surface area contributed by atoms with Crippen LogP contribution < -0.4 is 11.5 Å². The van der Waals surface area contributed by atoms with Crippen LogP contribution in [-0.4, -0.2) is 15.9 Å². The molecule has 102 valence electrons. The molecule has 0 fully saturated rings. The van der Waals surface area contributed by atoms with Crippen molar-refractivity contribution in [3.8, 4) is 0 Å². The predicted octanol–water partition coefficient (Wildman–Crippen LogP) is 2.26. The summed E-state index contributed by atoms with van der Waals surface area (Å²) in [5, 5.41) is 0.933. The summed E-state index contributed by atoms with van der Waals surface area (Å²) in [7, 11) is 0. The van der Waals surface area contributed by atoms with Crippen molar-refractivity contribution in [3.05, 3.63) is 46.7 Å². The lowest BCUT2D eigenvalue weighted by Gasteiger charge is -2.06. The first-order chi connectivity index (χ1) is 9.29. The van der Waals surface area contributed by atoms with E-state index in [0.717, 1.165) is 43.1 Å². The number of nitrogens with two attached hydrogens (primary N) is 2. The summed E-state index contributed by atoms with van der Waals surface area (Å²) in [5.74, 6) is 0.862. The molecule has 1 aromatic heterocycles. The Balaban J connectivity index is 1.91. The van der Waals surface area contributed by atoms with Gasteiger partial charge >= 0.3 is 0 Å². The minimum Gasteiger partial charge on any atom is -0.330 e. The Bertz CT molecular complexity index is 483. The first kappa shape index (κ1) is 14.1. The topological polar surface area (TPSA) is 77.8 Å².